The predicted molar refractivity (Wildman–Crippen MR) is 128 cm³/mol. The highest BCUT2D eigenvalue weighted by Gasteiger charge is 2.21. The molecule has 0 saturated carbocycles. The molecule has 1 aliphatic heterocycles. The van der Waals surface area contributed by atoms with Crippen LogP contribution in [0.2, 0.25) is 0 Å². The number of anilines is 2. The number of rotatable bonds is 4. The number of halogens is 1. The van der Waals surface area contributed by atoms with E-state index in [1.165, 1.54) is 6.92 Å². The minimum absolute atomic E-state index is 0. The van der Waals surface area contributed by atoms with Gasteiger partial charge in [0.2, 0.25) is 5.91 Å². The molecule has 29 heavy (non-hydrogen) atoms. The van der Waals surface area contributed by atoms with E-state index in [-0.39, 0.29) is 29.9 Å². The quantitative estimate of drug-likeness (QED) is 0.336. The third-order valence-corrected chi connectivity index (χ3v) is 4.71. The summed E-state index contributed by atoms with van der Waals surface area (Å²) >= 11 is 0. The van der Waals surface area contributed by atoms with Crippen molar-refractivity contribution in [3.63, 3.8) is 0 Å². The van der Waals surface area contributed by atoms with Crippen molar-refractivity contribution in [3.05, 3.63) is 54.1 Å². The Balaban J connectivity index is 0.00000300. The number of carbonyl (C=O) groups excluding carboxylic acids is 1. The molecule has 0 aromatic heterocycles. The second-order valence-electron chi connectivity index (χ2n) is 6.75. The molecule has 3 N–H and O–H groups in total. The van der Waals surface area contributed by atoms with Crippen LogP contribution in [-0.2, 0) is 11.3 Å². The number of piperazine rings is 1. The molecule has 1 amide bonds. The maximum Gasteiger partial charge on any atom is 0.221 e. The number of nitrogens with one attached hydrogen (secondary N) is 2. The van der Waals surface area contributed by atoms with Gasteiger partial charge in [0.1, 0.15) is 5.75 Å². The Morgan fingerprint density at radius 3 is 2.48 bits per heavy atom. The van der Waals surface area contributed by atoms with E-state index >= 15 is 0 Å². The lowest BCUT2D eigenvalue weighted by atomic mass is 10.2. The maximum atomic E-state index is 11.2. The van der Waals surface area contributed by atoms with Crippen LogP contribution < -0.4 is 15.5 Å². The van der Waals surface area contributed by atoms with Crippen molar-refractivity contribution in [1.29, 1.82) is 0 Å². The Labute approximate surface area is 188 Å². The van der Waals surface area contributed by atoms with Crippen LogP contribution in [0, 0.1) is 0 Å². The summed E-state index contributed by atoms with van der Waals surface area (Å²) in [6.45, 7) is 5.40. The summed E-state index contributed by atoms with van der Waals surface area (Å²) in [5, 5.41) is 16.3. The van der Waals surface area contributed by atoms with E-state index in [4.69, 9.17) is 0 Å². The lowest BCUT2D eigenvalue weighted by Gasteiger charge is -2.37. The molecule has 8 heteroatoms. The van der Waals surface area contributed by atoms with Gasteiger partial charge in [-0.25, -0.2) is 0 Å². The molecule has 1 heterocycles. The average Bonchev–Trinajstić information content (AvgIpc) is 2.69. The molecule has 0 spiro atoms. The zero-order chi connectivity index (χ0) is 19.9. The number of amides is 1. The molecule has 0 unspecified atom stereocenters. The monoisotopic (exact) mass is 509 g/mol. The van der Waals surface area contributed by atoms with Crippen LogP contribution >= 0.6 is 24.0 Å². The van der Waals surface area contributed by atoms with Crippen LogP contribution in [0.15, 0.2) is 53.5 Å². The van der Waals surface area contributed by atoms with Crippen LogP contribution in [0.4, 0.5) is 11.4 Å². The largest absolute Gasteiger partial charge is 0.506 e. The van der Waals surface area contributed by atoms with Crippen LogP contribution in [0.1, 0.15) is 12.5 Å². The Hall–Kier alpha value is -2.49. The van der Waals surface area contributed by atoms with Gasteiger partial charge in [-0.05, 0) is 29.8 Å². The number of phenolic OH excluding ortho intramolecular Hbond substituents is 1. The summed E-state index contributed by atoms with van der Waals surface area (Å²) in [7, 11) is 1.78. The summed E-state index contributed by atoms with van der Waals surface area (Å²) in [6, 6.07) is 15.2. The summed E-state index contributed by atoms with van der Waals surface area (Å²) in [6.07, 6.45) is 0. The molecule has 0 aliphatic carbocycles. The van der Waals surface area contributed by atoms with Crippen LogP contribution in [0.3, 0.4) is 0 Å². The van der Waals surface area contributed by atoms with E-state index < -0.39 is 0 Å². The molecule has 156 valence electrons. The second kappa shape index (κ2) is 10.9. The van der Waals surface area contributed by atoms with Crippen molar-refractivity contribution in [2.75, 3.05) is 43.4 Å². The molecule has 1 saturated heterocycles. The number of phenols is 1. The summed E-state index contributed by atoms with van der Waals surface area (Å²) in [5.41, 5.74) is 2.73. The highest BCUT2D eigenvalue weighted by atomic mass is 127. The van der Waals surface area contributed by atoms with Crippen molar-refractivity contribution in [2.45, 2.75) is 13.5 Å². The first kappa shape index (κ1) is 22.8. The number of carbonyl (C=O) groups is 1. The van der Waals surface area contributed by atoms with Crippen LogP contribution in [0.25, 0.3) is 0 Å². The van der Waals surface area contributed by atoms with Crippen molar-refractivity contribution in [3.8, 4) is 5.75 Å². The van der Waals surface area contributed by atoms with Gasteiger partial charge in [0.15, 0.2) is 5.96 Å². The first-order valence-corrected chi connectivity index (χ1v) is 9.42. The number of benzene rings is 2. The van der Waals surface area contributed by atoms with Gasteiger partial charge in [-0.3, -0.25) is 9.79 Å². The number of nitrogens with zero attached hydrogens (tertiary/aromatic N) is 3. The van der Waals surface area contributed by atoms with E-state index in [0.29, 0.717) is 12.3 Å². The van der Waals surface area contributed by atoms with Gasteiger partial charge < -0.3 is 25.5 Å². The molecule has 0 radical (unpaired) electrons. The van der Waals surface area contributed by atoms with E-state index in [9.17, 15) is 9.90 Å². The molecule has 0 bridgehead atoms. The molecular weight excluding hydrogens is 481 g/mol. The van der Waals surface area contributed by atoms with Crippen LogP contribution in [-0.4, -0.2) is 55.1 Å². The molecule has 1 aliphatic rings. The molecule has 0 atom stereocenters. The number of aromatic hydroxyl groups is 1. The number of hydrogen-bond acceptors (Lipinski definition) is 4. The van der Waals surface area contributed by atoms with Gasteiger partial charge >= 0.3 is 0 Å². The van der Waals surface area contributed by atoms with E-state index in [1.807, 2.05) is 42.5 Å². The van der Waals surface area contributed by atoms with Gasteiger partial charge in [-0.1, -0.05) is 24.3 Å². The predicted octanol–water partition coefficient (Wildman–Crippen LogP) is 2.87. The standard InChI is InChI=1S/C21H27N5O2.HI/c1-16(27)24-18-7-5-6-17(14-18)15-23-21(22-2)26-12-10-25(11-13-26)19-8-3-4-9-20(19)28;/h3-9,14,28H,10-13,15H2,1-2H3,(H,22,23)(H,24,27);1H. The van der Waals surface area contributed by atoms with Crippen LogP contribution in [0.5, 0.6) is 5.75 Å². The summed E-state index contributed by atoms with van der Waals surface area (Å²) in [5.74, 6) is 1.09. The second-order valence-corrected chi connectivity index (χ2v) is 6.75. The maximum absolute atomic E-state index is 11.2. The zero-order valence-corrected chi connectivity index (χ0v) is 19.1. The molecule has 2 aromatic carbocycles. The summed E-state index contributed by atoms with van der Waals surface area (Å²) < 4.78 is 0. The van der Waals surface area contributed by atoms with E-state index in [1.54, 1.807) is 13.1 Å². The topological polar surface area (TPSA) is 80.2 Å². The number of guanidine groups is 1. The highest BCUT2D eigenvalue weighted by molar-refractivity contribution is 14.0. The zero-order valence-electron chi connectivity index (χ0n) is 16.8. The average molecular weight is 509 g/mol. The first-order chi connectivity index (χ1) is 13.6. The summed E-state index contributed by atoms with van der Waals surface area (Å²) in [4.78, 5) is 20.0. The fourth-order valence-corrected chi connectivity index (χ4v) is 3.37. The highest BCUT2D eigenvalue weighted by Crippen LogP contribution is 2.27. The van der Waals surface area contributed by atoms with Gasteiger partial charge in [0, 0.05) is 52.4 Å². The molecule has 3 rings (SSSR count). The van der Waals surface area contributed by atoms with Gasteiger partial charge in [0.25, 0.3) is 0 Å². The van der Waals surface area contributed by atoms with E-state index in [2.05, 4.69) is 25.4 Å². The van der Waals surface area contributed by atoms with Gasteiger partial charge in [-0.15, -0.1) is 24.0 Å². The fraction of sp³-hybridized carbons (Fsp3) is 0.333. The minimum Gasteiger partial charge on any atom is -0.506 e. The number of aliphatic imine (C=N–C) groups is 1. The van der Waals surface area contributed by atoms with Crippen molar-refractivity contribution < 1.29 is 9.90 Å². The van der Waals surface area contributed by atoms with Gasteiger partial charge in [0.05, 0.1) is 5.69 Å². The fourth-order valence-electron chi connectivity index (χ4n) is 3.37. The van der Waals surface area contributed by atoms with Gasteiger partial charge in [-0.2, -0.15) is 0 Å². The first-order valence-electron chi connectivity index (χ1n) is 9.42. The molecule has 7 nitrogen and oxygen atoms in total. The lowest BCUT2D eigenvalue weighted by molar-refractivity contribution is -0.114. The number of para-hydroxylation sites is 2. The molecular formula is C21H28IN5O2. The Kier molecular flexibility index (Phi) is 8.56. The lowest BCUT2D eigenvalue weighted by Crippen LogP contribution is -2.52. The minimum atomic E-state index is -0.0803. The third kappa shape index (κ3) is 6.25. The SMILES string of the molecule is CN=C(NCc1cccc(NC(C)=O)c1)N1CCN(c2ccccc2O)CC1.I. The van der Waals surface area contributed by atoms with E-state index in [0.717, 1.165) is 49.1 Å². The molecule has 2 aromatic rings. The van der Waals surface area contributed by atoms with Crippen molar-refractivity contribution >= 4 is 47.2 Å². The van der Waals surface area contributed by atoms with Crippen molar-refractivity contribution in [2.24, 2.45) is 4.99 Å². The molecule has 1 fully saturated rings. The Morgan fingerprint density at radius 2 is 1.83 bits per heavy atom. The van der Waals surface area contributed by atoms with Crippen molar-refractivity contribution in [1.82, 2.24) is 10.2 Å². The smallest absolute Gasteiger partial charge is 0.221 e. The normalized spacial score (nSPS) is 14.2. The number of hydrogen-bond donors (Lipinski definition) is 3. The Morgan fingerprint density at radius 1 is 1.10 bits per heavy atom. The Bertz CT molecular complexity index is 850. The third-order valence-electron chi connectivity index (χ3n) is 4.71.